The van der Waals surface area contributed by atoms with Crippen LogP contribution in [0.25, 0.3) is 0 Å². The average molecular weight is 261 g/mol. The predicted molar refractivity (Wildman–Crippen MR) is 79.9 cm³/mol. The molecule has 0 amide bonds. The van der Waals surface area contributed by atoms with E-state index in [4.69, 9.17) is 0 Å². The molecule has 0 unspecified atom stereocenters. The molecule has 1 aromatic carbocycles. The van der Waals surface area contributed by atoms with Gasteiger partial charge in [-0.2, -0.15) is 0 Å². The fourth-order valence-electron chi connectivity index (χ4n) is 3.08. The fourth-order valence-corrected chi connectivity index (χ4v) is 3.08. The summed E-state index contributed by atoms with van der Waals surface area (Å²) in [6.07, 6.45) is 11.9. The van der Waals surface area contributed by atoms with E-state index in [0.29, 0.717) is 0 Å². The van der Waals surface area contributed by atoms with E-state index in [-0.39, 0.29) is 11.4 Å². The van der Waals surface area contributed by atoms with Gasteiger partial charge in [-0.15, -0.1) is 6.58 Å². The summed E-state index contributed by atoms with van der Waals surface area (Å²) in [5.41, 5.74) is 1.13. The first kappa shape index (κ1) is 14.1. The minimum absolute atomic E-state index is 0.111. The first-order chi connectivity index (χ1) is 9.24. The summed E-state index contributed by atoms with van der Waals surface area (Å²) >= 11 is 0. The van der Waals surface area contributed by atoms with Crippen LogP contribution in [0, 0.1) is 5.82 Å². The van der Waals surface area contributed by atoms with Crippen LogP contribution in [-0.2, 0) is 0 Å². The van der Waals surface area contributed by atoms with Crippen LogP contribution < -0.4 is 5.32 Å². The Bertz CT molecular complexity index is 388. The van der Waals surface area contributed by atoms with Gasteiger partial charge < -0.3 is 5.32 Å². The summed E-state index contributed by atoms with van der Waals surface area (Å²) in [6.45, 7) is 3.91. The molecule has 1 aromatic rings. The van der Waals surface area contributed by atoms with Crippen molar-refractivity contribution in [3.8, 4) is 0 Å². The maximum atomic E-state index is 13.0. The number of hydrogen-bond donors (Lipinski definition) is 1. The summed E-state index contributed by atoms with van der Waals surface area (Å²) in [5.74, 6) is -0.180. The maximum Gasteiger partial charge on any atom is 0.123 e. The van der Waals surface area contributed by atoms with E-state index in [2.05, 4.69) is 11.9 Å². The number of rotatable bonds is 4. The molecule has 0 aliphatic heterocycles. The van der Waals surface area contributed by atoms with Gasteiger partial charge in [0.2, 0.25) is 0 Å². The molecule has 0 heterocycles. The summed E-state index contributed by atoms with van der Waals surface area (Å²) < 4.78 is 13.0. The lowest BCUT2D eigenvalue weighted by Gasteiger charge is -2.37. The van der Waals surface area contributed by atoms with Crippen LogP contribution in [0.4, 0.5) is 10.1 Å². The van der Waals surface area contributed by atoms with Crippen molar-refractivity contribution in [1.82, 2.24) is 0 Å². The van der Waals surface area contributed by atoms with Gasteiger partial charge in [0, 0.05) is 11.2 Å². The molecule has 104 valence electrons. The van der Waals surface area contributed by atoms with Gasteiger partial charge in [-0.05, 0) is 43.5 Å². The topological polar surface area (TPSA) is 12.0 Å². The Balaban J connectivity index is 2.12. The zero-order valence-electron chi connectivity index (χ0n) is 11.6. The van der Waals surface area contributed by atoms with E-state index in [1.54, 1.807) is 0 Å². The van der Waals surface area contributed by atoms with Crippen molar-refractivity contribution in [3.63, 3.8) is 0 Å². The summed E-state index contributed by atoms with van der Waals surface area (Å²) in [4.78, 5) is 0. The van der Waals surface area contributed by atoms with Gasteiger partial charge in [0.05, 0.1) is 0 Å². The standard InChI is InChI=1S/C17H24FN/c1-2-12-17(13-6-4-3-5-7-14-17)19-16-10-8-15(18)9-11-16/h2,8-11,19H,1,3-7,12-14H2. The van der Waals surface area contributed by atoms with Gasteiger partial charge in [0.25, 0.3) is 0 Å². The average Bonchev–Trinajstić information content (AvgIpc) is 2.37. The third-order valence-electron chi connectivity index (χ3n) is 4.10. The molecule has 2 heteroatoms. The molecule has 1 nitrogen and oxygen atoms in total. The summed E-state index contributed by atoms with van der Waals surface area (Å²) in [7, 11) is 0. The van der Waals surface area contributed by atoms with Crippen molar-refractivity contribution in [2.75, 3.05) is 5.32 Å². The molecule has 0 saturated heterocycles. The van der Waals surface area contributed by atoms with Crippen LogP contribution in [0.3, 0.4) is 0 Å². The highest BCUT2D eigenvalue weighted by molar-refractivity contribution is 5.45. The molecule has 19 heavy (non-hydrogen) atoms. The van der Waals surface area contributed by atoms with Crippen LogP contribution in [0.1, 0.15) is 51.4 Å². The quantitative estimate of drug-likeness (QED) is 0.725. The minimum atomic E-state index is -0.180. The molecule has 1 saturated carbocycles. The molecule has 0 spiro atoms. The van der Waals surface area contributed by atoms with Crippen LogP contribution in [-0.4, -0.2) is 5.54 Å². The number of anilines is 1. The molecule has 1 aliphatic rings. The molecular formula is C17H24FN. The molecule has 0 atom stereocenters. The molecule has 1 N–H and O–H groups in total. The first-order valence-corrected chi connectivity index (χ1v) is 7.39. The second-order valence-electron chi connectivity index (χ2n) is 5.67. The van der Waals surface area contributed by atoms with E-state index < -0.39 is 0 Å². The van der Waals surface area contributed by atoms with Crippen LogP contribution in [0.15, 0.2) is 36.9 Å². The van der Waals surface area contributed by atoms with Crippen LogP contribution >= 0.6 is 0 Å². The number of benzene rings is 1. The first-order valence-electron chi connectivity index (χ1n) is 7.39. The molecule has 1 fully saturated rings. The second-order valence-corrected chi connectivity index (χ2v) is 5.67. The Labute approximate surface area is 115 Å². The lowest BCUT2D eigenvalue weighted by molar-refractivity contribution is 0.346. The van der Waals surface area contributed by atoms with E-state index >= 15 is 0 Å². The zero-order valence-corrected chi connectivity index (χ0v) is 11.6. The van der Waals surface area contributed by atoms with Gasteiger partial charge >= 0.3 is 0 Å². The lowest BCUT2D eigenvalue weighted by atomic mass is 9.81. The Morgan fingerprint density at radius 1 is 1.05 bits per heavy atom. The van der Waals surface area contributed by atoms with Gasteiger partial charge in [0.15, 0.2) is 0 Å². The molecule has 0 bridgehead atoms. The van der Waals surface area contributed by atoms with E-state index in [9.17, 15) is 4.39 Å². The Morgan fingerprint density at radius 3 is 2.21 bits per heavy atom. The van der Waals surface area contributed by atoms with Gasteiger partial charge in [-0.3, -0.25) is 0 Å². The van der Waals surface area contributed by atoms with Gasteiger partial charge in [0.1, 0.15) is 5.82 Å². The monoisotopic (exact) mass is 261 g/mol. The van der Waals surface area contributed by atoms with E-state index in [1.165, 1.54) is 57.1 Å². The number of halogens is 1. The lowest BCUT2D eigenvalue weighted by Crippen LogP contribution is -2.38. The van der Waals surface area contributed by atoms with E-state index in [1.807, 2.05) is 18.2 Å². The SMILES string of the molecule is C=CCC1(Nc2ccc(F)cc2)CCCCCCC1. The Hall–Kier alpha value is -1.31. The second kappa shape index (κ2) is 6.74. The Morgan fingerprint density at radius 2 is 1.63 bits per heavy atom. The normalized spacial score (nSPS) is 19.2. The smallest absolute Gasteiger partial charge is 0.123 e. The predicted octanol–water partition coefficient (Wildman–Crippen LogP) is 5.30. The minimum Gasteiger partial charge on any atom is -0.379 e. The molecule has 1 aliphatic carbocycles. The van der Waals surface area contributed by atoms with Crippen LogP contribution in [0.2, 0.25) is 0 Å². The van der Waals surface area contributed by atoms with E-state index in [0.717, 1.165) is 12.1 Å². The number of nitrogens with one attached hydrogen (secondary N) is 1. The summed E-state index contributed by atoms with van der Waals surface area (Å²) in [5, 5.41) is 3.65. The number of hydrogen-bond acceptors (Lipinski definition) is 1. The van der Waals surface area contributed by atoms with Crippen molar-refractivity contribution in [1.29, 1.82) is 0 Å². The van der Waals surface area contributed by atoms with Crippen molar-refractivity contribution >= 4 is 5.69 Å². The van der Waals surface area contributed by atoms with Crippen molar-refractivity contribution < 1.29 is 4.39 Å². The fraction of sp³-hybridized carbons (Fsp3) is 0.529. The largest absolute Gasteiger partial charge is 0.379 e. The van der Waals surface area contributed by atoms with Crippen molar-refractivity contribution in [3.05, 3.63) is 42.7 Å². The summed E-state index contributed by atoms with van der Waals surface area (Å²) in [6, 6.07) is 6.71. The third-order valence-corrected chi connectivity index (χ3v) is 4.10. The van der Waals surface area contributed by atoms with Gasteiger partial charge in [-0.25, -0.2) is 4.39 Å². The van der Waals surface area contributed by atoms with Gasteiger partial charge in [-0.1, -0.05) is 38.2 Å². The van der Waals surface area contributed by atoms with Crippen molar-refractivity contribution in [2.45, 2.75) is 56.9 Å². The third kappa shape index (κ3) is 4.09. The van der Waals surface area contributed by atoms with Crippen LogP contribution in [0.5, 0.6) is 0 Å². The molecule has 2 rings (SSSR count). The Kier molecular flexibility index (Phi) is 5.00. The highest BCUT2D eigenvalue weighted by Gasteiger charge is 2.28. The highest BCUT2D eigenvalue weighted by Crippen LogP contribution is 2.33. The van der Waals surface area contributed by atoms with Crippen molar-refractivity contribution in [2.24, 2.45) is 0 Å². The molecule has 0 radical (unpaired) electrons. The molecular weight excluding hydrogens is 237 g/mol. The zero-order chi connectivity index (χ0) is 13.6. The highest BCUT2D eigenvalue weighted by atomic mass is 19.1. The molecule has 0 aromatic heterocycles. The maximum absolute atomic E-state index is 13.0.